The molecule has 0 aliphatic carbocycles. The maximum absolute atomic E-state index is 11.5. The lowest BCUT2D eigenvalue weighted by molar-refractivity contribution is -0.121. The number of amides is 1. The molecule has 0 bridgehead atoms. The molecular formula is C14H21NOS. The number of nitrogens with one attached hydrogen (secondary N) is 1. The molecule has 1 rings (SSSR count). The van der Waals surface area contributed by atoms with E-state index >= 15 is 0 Å². The number of carbonyl (C=O) groups is 1. The molecule has 0 spiro atoms. The molecule has 1 atom stereocenters. The number of thioether (sulfide) groups is 1. The molecule has 0 saturated heterocycles. The molecule has 1 aromatic carbocycles. The molecule has 0 saturated carbocycles. The van der Waals surface area contributed by atoms with Gasteiger partial charge in [0.2, 0.25) is 5.91 Å². The molecule has 1 N–H and O–H groups in total. The van der Waals surface area contributed by atoms with E-state index in [1.165, 1.54) is 4.90 Å². The highest BCUT2D eigenvalue weighted by molar-refractivity contribution is 7.99. The molecule has 1 aromatic rings. The van der Waals surface area contributed by atoms with Gasteiger partial charge in [-0.2, -0.15) is 0 Å². The van der Waals surface area contributed by atoms with Crippen LogP contribution in [0.4, 0.5) is 0 Å². The summed E-state index contributed by atoms with van der Waals surface area (Å²) in [5.74, 6) is 1.17. The Morgan fingerprint density at radius 2 is 2.06 bits per heavy atom. The lowest BCUT2D eigenvalue weighted by Gasteiger charge is -2.10. The normalized spacial score (nSPS) is 12.1. The minimum atomic E-state index is 0.174. The van der Waals surface area contributed by atoms with Crippen LogP contribution in [0.5, 0.6) is 0 Å². The Balaban J connectivity index is 2.10. The number of benzene rings is 1. The van der Waals surface area contributed by atoms with E-state index in [9.17, 15) is 4.79 Å². The fourth-order valence-corrected chi connectivity index (χ4v) is 2.26. The number of hydrogen-bond donors (Lipinski definition) is 1. The molecule has 1 unspecified atom stereocenters. The van der Waals surface area contributed by atoms with E-state index in [0.717, 1.165) is 18.6 Å². The Hall–Kier alpha value is -0.960. The van der Waals surface area contributed by atoms with Crippen molar-refractivity contribution in [1.29, 1.82) is 0 Å². The Labute approximate surface area is 108 Å². The molecule has 17 heavy (non-hydrogen) atoms. The van der Waals surface area contributed by atoms with Gasteiger partial charge in [-0.15, -0.1) is 11.8 Å². The quantitative estimate of drug-likeness (QED) is 0.594. The van der Waals surface area contributed by atoms with Gasteiger partial charge in [0.15, 0.2) is 0 Å². The molecule has 1 amide bonds. The van der Waals surface area contributed by atoms with Gasteiger partial charge in [0.25, 0.3) is 0 Å². The van der Waals surface area contributed by atoms with Crippen molar-refractivity contribution in [1.82, 2.24) is 5.32 Å². The summed E-state index contributed by atoms with van der Waals surface area (Å²) in [4.78, 5) is 12.8. The monoisotopic (exact) mass is 251 g/mol. The van der Waals surface area contributed by atoms with Crippen LogP contribution in [0.1, 0.15) is 33.1 Å². The van der Waals surface area contributed by atoms with E-state index < -0.39 is 0 Å². The Morgan fingerprint density at radius 3 is 2.71 bits per heavy atom. The van der Waals surface area contributed by atoms with E-state index in [2.05, 4.69) is 24.4 Å². The highest BCUT2D eigenvalue weighted by Gasteiger charge is 2.04. The van der Waals surface area contributed by atoms with Crippen LogP contribution >= 0.6 is 11.8 Å². The first kappa shape index (κ1) is 14.1. The Bertz CT molecular complexity index is 326. The lowest BCUT2D eigenvalue weighted by atomic mass is 10.2. The van der Waals surface area contributed by atoms with E-state index in [1.807, 2.05) is 36.9 Å². The Kier molecular flexibility index (Phi) is 6.78. The SMILES string of the molecule is CCC(C)NC(=O)CCCSc1ccccc1. The number of carbonyl (C=O) groups excluding carboxylic acids is 1. The first-order valence-electron chi connectivity index (χ1n) is 6.19. The summed E-state index contributed by atoms with van der Waals surface area (Å²) in [7, 11) is 0. The van der Waals surface area contributed by atoms with Crippen molar-refractivity contribution in [2.75, 3.05) is 5.75 Å². The van der Waals surface area contributed by atoms with Crippen LogP contribution in [0, 0.1) is 0 Å². The third kappa shape index (κ3) is 6.37. The van der Waals surface area contributed by atoms with E-state index in [4.69, 9.17) is 0 Å². The topological polar surface area (TPSA) is 29.1 Å². The second kappa shape index (κ2) is 8.18. The van der Waals surface area contributed by atoms with Gasteiger partial charge in [0.05, 0.1) is 0 Å². The molecule has 2 nitrogen and oxygen atoms in total. The van der Waals surface area contributed by atoms with Crippen LogP contribution in [-0.2, 0) is 4.79 Å². The zero-order chi connectivity index (χ0) is 12.5. The smallest absolute Gasteiger partial charge is 0.220 e. The predicted molar refractivity (Wildman–Crippen MR) is 74.3 cm³/mol. The van der Waals surface area contributed by atoms with E-state index in [0.29, 0.717) is 12.5 Å². The van der Waals surface area contributed by atoms with Gasteiger partial charge in [0, 0.05) is 17.4 Å². The van der Waals surface area contributed by atoms with Crippen LogP contribution < -0.4 is 5.32 Å². The predicted octanol–water partition coefficient (Wildman–Crippen LogP) is 3.47. The van der Waals surface area contributed by atoms with Gasteiger partial charge in [-0.1, -0.05) is 25.1 Å². The Morgan fingerprint density at radius 1 is 1.35 bits per heavy atom. The first-order valence-corrected chi connectivity index (χ1v) is 7.18. The molecule has 0 aliphatic rings. The van der Waals surface area contributed by atoms with Crippen LogP contribution in [0.2, 0.25) is 0 Å². The van der Waals surface area contributed by atoms with Crippen molar-refractivity contribution < 1.29 is 4.79 Å². The van der Waals surface area contributed by atoms with Gasteiger partial charge in [-0.25, -0.2) is 0 Å². The summed E-state index contributed by atoms with van der Waals surface area (Å²) in [5.41, 5.74) is 0. The summed E-state index contributed by atoms with van der Waals surface area (Å²) >= 11 is 1.81. The molecule has 0 radical (unpaired) electrons. The second-order valence-corrected chi connectivity index (χ2v) is 5.31. The molecule has 0 heterocycles. The minimum Gasteiger partial charge on any atom is -0.354 e. The van der Waals surface area contributed by atoms with Gasteiger partial charge in [0.1, 0.15) is 0 Å². The van der Waals surface area contributed by atoms with Crippen LogP contribution in [0.3, 0.4) is 0 Å². The highest BCUT2D eigenvalue weighted by Crippen LogP contribution is 2.18. The van der Waals surface area contributed by atoms with Crippen LogP contribution in [-0.4, -0.2) is 17.7 Å². The first-order chi connectivity index (χ1) is 8.22. The van der Waals surface area contributed by atoms with Crippen molar-refractivity contribution in [3.63, 3.8) is 0 Å². The average molecular weight is 251 g/mol. The molecule has 0 aromatic heterocycles. The number of rotatable bonds is 7. The summed E-state index contributed by atoms with van der Waals surface area (Å²) in [6.07, 6.45) is 2.55. The van der Waals surface area contributed by atoms with Gasteiger partial charge >= 0.3 is 0 Å². The zero-order valence-corrected chi connectivity index (χ0v) is 11.4. The molecule has 0 fully saturated rings. The van der Waals surface area contributed by atoms with Gasteiger partial charge in [-0.05, 0) is 37.7 Å². The van der Waals surface area contributed by atoms with Crippen LogP contribution in [0.25, 0.3) is 0 Å². The third-order valence-corrected chi connectivity index (χ3v) is 3.68. The van der Waals surface area contributed by atoms with Crippen molar-refractivity contribution in [2.45, 2.75) is 44.0 Å². The van der Waals surface area contributed by atoms with Crippen molar-refractivity contribution >= 4 is 17.7 Å². The van der Waals surface area contributed by atoms with E-state index in [1.54, 1.807) is 0 Å². The number of hydrogen-bond acceptors (Lipinski definition) is 2. The second-order valence-electron chi connectivity index (χ2n) is 4.14. The molecule has 0 aliphatic heterocycles. The van der Waals surface area contributed by atoms with E-state index in [-0.39, 0.29) is 5.91 Å². The maximum atomic E-state index is 11.5. The highest BCUT2D eigenvalue weighted by atomic mass is 32.2. The summed E-state index contributed by atoms with van der Waals surface area (Å²) in [5, 5.41) is 2.98. The minimum absolute atomic E-state index is 0.174. The van der Waals surface area contributed by atoms with Crippen LogP contribution in [0.15, 0.2) is 35.2 Å². The maximum Gasteiger partial charge on any atom is 0.220 e. The molecule has 3 heteroatoms. The van der Waals surface area contributed by atoms with Crippen molar-refractivity contribution in [3.8, 4) is 0 Å². The summed E-state index contributed by atoms with van der Waals surface area (Å²) in [6, 6.07) is 10.6. The molecular weight excluding hydrogens is 230 g/mol. The third-order valence-electron chi connectivity index (χ3n) is 2.58. The summed E-state index contributed by atoms with van der Waals surface area (Å²) < 4.78 is 0. The van der Waals surface area contributed by atoms with Crippen molar-refractivity contribution in [2.24, 2.45) is 0 Å². The average Bonchev–Trinajstić information content (AvgIpc) is 2.36. The molecule has 94 valence electrons. The lowest BCUT2D eigenvalue weighted by Crippen LogP contribution is -2.31. The standard InChI is InChI=1S/C14H21NOS/c1-3-12(2)15-14(16)10-7-11-17-13-8-5-4-6-9-13/h4-6,8-9,12H,3,7,10-11H2,1-2H3,(H,15,16). The zero-order valence-electron chi connectivity index (χ0n) is 10.6. The fraction of sp³-hybridized carbons (Fsp3) is 0.500. The summed E-state index contributed by atoms with van der Waals surface area (Å²) in [6.45, 7) is 4.12. The van der Waals surface area contributed by atoms with Gasteiger partial charge in [-0.3, -0.25) is 4.79 Å². The van der Waals surface area contributed by atoms with Gasteiger partial charge < -0.3 is 5.32 Å². The largest absolute Gasteiger partial charge is 0.354 e. The van der Waals surface area contributed by atoms with Crippen molar-refractivity contribution in [3.05, 3.63) is 30.3 Å². The fourth-order valence-electron chi connectivity index (χ4n) is 1.39.